The van der Waals surface area contributed by atoms with Crippen molar-refractivity contribution in [1.82, 2.24) is 10.3 Å². The first-order valence-electron chi connectivity index (χ1n) is 7.62. The zero-order valence-electron chi connectivity index (χ0n) is 12.6. The molecule has 1 aliphatic heterocycles. The first-order valence-corrected chi connectivity index (χ1v) is 7.62. The van der Waals surface area contributed by atoms with E-state index < -0.39 is 11.6 Å². The molecule has 1 aromatic carbocycles. The Morgan fingerprint density at radius 1 is 1.13 bits per heavy atom. The van der Waals surface area contributed by atoms with Crippen LogP contribution in [0.25, 0.3) is 0 Å². The van der Waals surface area contributed by atoms with Crippen molar-refractivity contribution < 1.29 is 18.3 Å². The van der Waals surface area contributed by atoms with Crippen molar-refractivity contribution in [2.45, 2.75) is 25.6 Å². The van der Waals surface area contributed by atoms with E-state index >= 15 is 0 Å². The van der Waals surface area contributed by atoms with Crippen LogP contribution in [0.5, 0.6) is 11.6 Å². The number of aromatic nitrogens is 1. The molecule has 6 heteroatoms. The van der Waals surface area contributed by atoms with Gasteiger partial charge in [0.2, 0.25) is 5.88 Å². The maximum atomic E-state index is 13.5. The molecule has 122 valence electrons. The molecule has 0 spiro atoms. The summed E-state index contributed by atoms with van der Waals surface area (Å²) in [7, 11) is 0. The molecular formula is C17H18F2N2O2. The van der Waals surface area contributed by atoms with Crippen molar-refractivity contribution in [1.29, 1.82) is 0 Å². The van der Waals surface area contributed by atoms with Gasteiger partial charge in [-0.1, -0.05) is 6.07 Å². The minimum Gasteiger partial charge on any atom is -0.484 e. The van der Waals surface area contributed by atoms with Crippen molar-refractivity contribution in [2.75, 3.05) is 13.1 Å². The van der Waals surface area contributed by atoms with E-state index in [0.29, 0.717) is 11.6 Å². The third kappa shape index (κ3) is 4.39. The van der Waals surface area contributed by atoms with E-state index in [1.807, 2.05) is 6.07 Å². The Hall–Kier alpha value is -2.21. The predicted molar refractivity (Wildman–Crippen MR) is 81.4 cm³/mol. The van der Waals surface area contributed by atoms with Gasteiger partial charge in [0, 0.05) is 12.1 Å². The van der Waals surface area contributed by atoms with Gasteiger partial charge in [-0.2, -0.15) is 0 Å². The SMILES string of the molecule is Fc1ccc(OCc2cccc(OC3CCNCC3)n2)c(F)c1. The fourth-order valence-electron chi connectivity index (χ4n) is 2.43. The molecular weight excluding hydrogens is 302 g/mol. The monoisotopic (exact) mass is 320 g/mol. The molecule has 23 heavy (non-hydrogen) atoms. The van der Waals surface area contributed by atoms with Gasteiger partial charge in [0.05, 0.1) is 5.69 Å². The van der Waals surface area contributed by atoms with E-state index in [-0.39, 0.29) is 18.5 Å². The minimum absolute atomic E-state index is 0.00197. The molecule has 1 aromatic heterocycles. The summed E-state index contributed by atoms with van der Waals surface area (Å²) in [5, 5.41) is 3.28. The third-order valence-electron chi connectivity index (χ3n) is 3.62. The molecule has 1 saturated heterocycles. The van der Waals surface area contributed by atoms with E-state index in [4.69, 9.17) is 9.47 Å². The van der Waals surface area contributed by atoms with E-state index in [1.54, 1.807) is 12.1 Å². The zero-order chi connectivity index (χ0) is 16.1. The van der Waals surface area contributed by atoms with Gasteiger partial charge in [0.1, 0.15) is 18.5 Å². The van der Waals surface area contributed by atoms with Crippen LogP contribution in [0, 0.1) is 11.6 Å². The summed E-state index contributed by atoms with van der Waals surface area (Å²) >= 11 is 0. The van der Waals surface area contributed by atoms with E-state index in [1.165, 1.54) is 6.07 Å². The van der Waals surface area contributed by atoms with Crippen molar-refractivity contribution in [2.24, 2.45) is 0 Å². The summed E-state index contributed by atoms with van der Waals surface area (Å²) < 4.78 is 37.6. The molecule has 1 N–H and O–H groups in total. The number of hydrogen-bond acceptors (Lipinski definition) is 4. The second-order valence-corrected chi connectivity index (χ2v) is 5.40. The highest BCUT2D eigenvalue weighted by Gasteiger charge is 2.15. The molecule has 0 aliphatic carbocycles. The number of pyridine rings is 1. The lowest BCUT2D eigenvalue weighted by Crippen LogP contribution is -2.34. The van der Waals surface area contributed by atoms with Gasteiger partial charge >= 0.3 is 0 Å². The van der Waals surface area contributed by atoms with Crippen LogP contribution in [-0.2, 0) is 6.61 Å². The van der Waals surface area contributed by atoms with Gasteiger partial charge in [-0.05, 0) is 44.1 Å². The van der Waals surface area contributed by atoms with Crippen LogP contribution >= 0.6 is 0 Å². The Morgan fingerprint density at radius 3 is 2.74 bits per heavy atom. The van der Waals surface area contributed by atoms with Crippen molar-refractivity contribution >= 4 is 0 Å². The molecule has 1 aliphatic rings. The van der Waals surface area contributed by atoms with Crippen molar-refractivity contribution in [3.63, 3.8) is 0 Å². The van der Waals surface area contributed by atoms with Crippen LogP contribution in [0.2, 0.25) is 0 Å². The van der Waals surface area contributed by atoms with Gasteiger partial charge in [-0.3, -0.25) is 0 Å². The largest absolute Gasteiger partial charge is 0.484 e. The number of benzene rings is 1. The average Bonchev–Trinajstić information content (AvgIpc) is 2.55. The lowest BCUT2D eigenvalue weighted by atomic mass is 10.1. The number of piperidine rings is 1. The molecule has 0 unspecified atom stereocenters. The zero-order valence-corrected chi connectivity index (χ0v) is 12.6. The fraction of sp³-hybridized carbons (Fsp3) is 0.353. The van der Waals surface area contributed by atoms with Crippen LogP contribution in [0.3, 0.4) is 0 Å². The summed E-state index contributed by atoms with van der Waals surface area (Å²) in [5.74, 6) is -0.826. The number of nitrogens with one attached hydrogen (secondary N) is 1. The molecule has 0 bridgehead atoms. The van der Waals surface area contributed by atoms with Gasteiger partial charge < -0.3 is 14.8 Å². The Morgan fingerprint density at radius 2 is 1.96 bits per heavy atom. The maximum Gasteiger partial charge on any atom is 0.213 e. The first kappa shape index (κ1) is 15.7. The van der Waals surface area contributed by atoms with E-state index in [0.717, 1.165) is 38.1 Å². The summed E-state index contributed by atoms with van der Waals surface area (Å²) in [6.07, 6.45) is 2.06. The van der Waals surface area contributed by atoms with Crippen LogP contribution < -0.4 is 14.8 Å². The summed E-state index contributed by atoms with van der Waals surface area (Å²) in [4.78, 5) is 4.36. The lowest BCUT2D eigenvalue weighted by Gasteiger charge is -2.23. The lowest BCUT2D eigenvalue weighted by molar-refractivity contribution is 0.155. The predicted octanol–water partition coefficient (Wildman–Crippen LogP) is 3.07. The smallest absolute Gasteiger partial charge is 0.213 e. The highest BCUT2D eigenvalue weighted by atomic mass is 19.1. The highest BCUT2D eigenvalue weighted by Crippen LogP contribution is 2.20. The van der Waals surface area contributed by atoms with Gasteiger partial charge in [-0.15, -0.1) is 0 Å². The molecule has 4 nitrogen and oxygen atoms in total. The second-order valence-electron chi connectivity index (χ2n) is 5.40. The number of hydrogen-bond donors (Lipinski definition) is 1. The number of ether oxygens (including phenoxy) is 2. The Labute approximate surface area is 133 Å². The van der Waals surface area contributed by atoms with Gasteiger partial charge in [-0.25, -0.2) is 13.8 Å². The van der Waals surface area contributed by atoms with Crippen molar-refractivity contribution in [3.05, 3.63) is 53.7 Å². The molecule has 3 rings (SSSR count). The normalized spacial score (nSPS) is 15.4. The van der Waals surface area contributed by atoms with E-state index in [2.05, 4.69) is 10.3 Å². The van der Waals surface area contributed by atoms with Crippen molar-refractivity contribution in [3.8, 4) is 11.6 Å². The highest BCUT2D eigenvalue weighted by molar-refractivity contribution is 5.25. The number of halogens is 2. The van der Waals surface area contributed by atoms with Crippen LogP contribution in [0.15, 0.2) is 36.4 Å². The fourth-order valence-corrected chi connectivity index (χ4v) is 2.43. The Balaban J connectivity index is 1.60. The summed E-state index contributed by atoms with van der Waals surface area (Å²) in [6, 6.07) is 8.60. The van der Waals surface area contributed by atoms with E-state index in [9.17, 15) is 8.78 Å². The van der Waals surface area contributed by atoms with Crippen LogP contribution in [0.1, 0.15) is 18.5 Å². The molecule has 0 saturated carbocycles. The van der Waals surface area contributed by atoms with Crippen LogP contribution in [-0.4, -0.2) is 24.2 Å². The number of rotatable bonds is 5. The second kappa shape index (κ2) is 7.37. The van der Waals surface area contributed by atoms with Gasteiger partial charge in [0.15, 0.2) is 11.6 Å². The molecule has 2 heterocycles. The van der Waals surface area contributed by atoms with Crippen LogP contribution in [0.4, 0.5) is 8.78 Å². The Kier molecular flexibility index (Phi) is 5.02. The maximum absolute atomic E-state index is 13.5. The molecule has 0 atom stereocenters. The molecule has 1 fully saturated rings. The molecule has 2 aromatic rings. The first-order chi connectivity index (χ1) is 11.2. The minimum atomic E-state index is -0.730. The third-order valence-corrected chi connectivity index (χ3v) is 3.62. The van der Waals surface area contributed by atoms with Gasteiger partial charge in [0.25, 0.3) is 0 Å². The number of nitrogens with zero attached hydrogens (tertiary/aromatic N) is 1. The summed E-state index contributed by atoms with van der Waals surface area (Å²) in [6.45, 7) is 1.97. The molecule has 0 radical (unpaired) electrons. The molecule has 0 amide bonds. The standard InChI is InChI=1S/C17H18F2N2O2/c18-12-4-5-16(15(19)10-12)22-11-13-2-1-3-17(21-13)23-14-6-8-20-9-7-14/h1-5,10,14,20H,6-9,11H2. The summed E-state index contributed by atoms with van der Waals surface area (Å²) in [5.41, 5.74) is 0.625. The topological polar surface area (TPSA) is 43.4 Å². The Bertz CT molecular complexity index is 661. The quantitative estimate of drug-likeness (QED) is 0.919. The average molecular weight is 320 g/mol.